The number of para-hydroxylation sites is 1. The number of carbonyl (C=O) groups excluding carboxylic acids is 1. The van der Waals surface area contributed by atoms with E-state index < -0.39 is 5.82 Å². The predicted octanol–water partition coefficient (Wildman–Crippen LogP) is 3.01. The van der Waals surface area contributed by atoms with Gasteiger partial charge in [-0.1, -0.05) is 18.6 Å². The SMILES string of the molecule is C[C@H](NCC(=O)Nc1ccccc1F)[C@@H]1CCCN(C2CCC2)C1. The van der Waals surface area contributed by atoms with Crippen LogP contribution in [-0.2, 0) is 4.79 Å². The second kappa shape index (κ2) is 8.08. The third-order valence-electron chi connectivity index (χ3n) is 5.52. The molecule has 1 aromatic carbocycles. The Bertz CT molecular complexity index is 561. The van der Waals surface area contributed by atoms with E-state index in [0.29, 0.717) is 12.0 Å². The van der Waals surface area contributed by atoms with E-state index in [1.54, 1.807) is 18.2 Å². The van der Waals surface area contributed by atoms with E-state index >= 15 is 0 Å². The van der Waals surface area contributed by atoms with Crippen molar-refractivity contribution >= 4 is 11.6 Å². The predicted molar refractivity (Wildman–Crippen MR) is 94.4 cm³/mol. The fourth-order valence-electron chi connectivity index (χ4n) is 3.71. The molecule has 1 saturated heterocycles. The molecule has 5 heteroatoms. The van der Waals surface area contributed by atoms with Gasteiger partial charge in [0.1, 0.15) is 5.82 Å². The summed E-state index contributed by atoms with van der Waals surface area (Å²) in [4.78, 5) is 14.7. The molecule has 2 atom stereocenters. The molecule has 3 rings (SSSR count). The number of hydrogen-bond acceptors (Lipinski definition) is 3. The fraction of sp³-hybridized carbons (Fsp3) is 0.632. The summed E-state index contributed by atoms with van der Waals surface area (Å²) in [5.74, 6) is -0.0125. The number of benzene rings is 1. The number of nitrogens with zero attached hydrogens (tertiary/aromatic N) is 1. The summed E-state index contributed by atoms with van der Waals surface area (Å²) < 4.78 is 13.6. The molecule has 24 heavy (non-hydrogen) atoms. The second-order valence-electron chi connectivity index (χ2n) is 7.18. The maximum Gasteiger partial charge on any atom is 0.238 e. The molecule has 0 spiro atoms. The molecule has 4 nitrogen and oxygen atoms in total. The number of nitrogens with one attached hydrogen (secondary N) is 2. The third-order valence-corrected chi connectivity index (χ3v) is 5.52. The summed E-state index contributed by atoms with van der Waals surface area (Å²) in [5.41, 5.74) is 0.241. The third kappa shape index (κ3) is 4.33. The molecule has 2 N–H and O–H groups in total. The molecule has 1 heterocycles. The maximum absolute atomic E-state index is 13.6. The van der Waals surface area contributed by atoms with Crippen LogP contribution in [0.3, 0.4) is 0 Å². The Hall–Kier alpha value is -1.46. The summed E-state index contributed by atoms with van der Waals surface area (Å²) in [6.45, 7) is 4.73. The van der Waals surface area contributed by atoms with Crippen LogP contribution >= 0.6 is 0 Å². The molecule has 0 unspecified atom stereocenters. The van der Waals surface area contributed by atoms with Crippen LogP contribution in [0.15, 0.2) is 24.3 Å². The van der Waals surface area contributed by atoms with Gasteiger partial charge in [0.2, 0.25) is 5.91 Å². The van der Waals surface area contributed by atoms with Crippen molar-refractivity contribution in [1.82, 2.24) is 10.2 Å². The second-order valence-corrected chi connectivity index (χ2v) is 7.18. The zero-order valence-corrected chi connectivity index (χ0v) is 14.4. The first-order chi connectivity index (χ1) is 11.6. The lowest BCUT2D eigenvalue weighted by Gasteiger charge is -2.44. The van der Waals surface area contributed by atoms with Crippen molar-refractivity contribution < 1.29 is 9.18 Å². The zero-order valence-electron chi connectivity index (χ0n) is 14.4. The molecule has 0 bridgehead atoms. The average molecular weight is 333 g/mol. The Kier molecular flexibility index (Phi) is 5.85. The highest BCUT2D eigenvalue weighted by Gasteiger charge is 2.31. The highest BCUT2D eigenvalue weighted by atomic mass is 19.1. The Morgan fingerprint density at radius 2 is 2.08 bits per heavy atom. The number of anilines is 1. The maximum atomic E-state index is 13.6. The minimum absolute atomic E-state index is 0.196. The van der Waals surface area contributed by atoms with Gasteiger partial charge in [-0.05, 0) is 57.2 Å². The van der Waals surface area contributed by atoms with Crippen LogP contribution in [0.1, 0.15) is 39.0 Å². The van der Waals surface area contributed by atoms with Gasteiger partial charge in [0.15, 0.2) is 0 Å². The van der Waals surface area contributed by atoms with E-state index in [2.05, 4.69) is 22.5 Å². The number of piperidine rings is 1. The number of likely N-dealkylation sites (tertiary alicyclic amines) is 1. The van der Waals surface area contributed by atoms with Gasteiger partial charge in [-0.2, -0.15) is 0 Å². The van der Waals surface area contributed by atoms with Crippen LogP contribution in [0, 0.1) is 11.7 Å². The zero-order chi connectivity index (χ0) is 16.9. The monoisotopic (exact) mass is 333 g/mol. The molecule has 1 aliphatic carbocycles. The van der Waals surface area contributed by atoms with Gasteiger partial charge in [-0.25, -0.2) is 4.39 Å². The highest BCUT2D eigenvalue weighted by Crippen LogP contribution is 2.30. The summed E-state index contributed by atoms with van der Waals surface area (Å²) in [5, 5.41) is 5.95. The van der Waals surface area contributed by atoms with E-state index in [1.807, 2.05) is 0 Å². The van der Waals surface area contributed by atoms with E-state index in [-0.39, 0.29) is 18.1 Å². The van der Waals surface area contributed by atoms with Gasteiger partial charge in [0, 0.05) is 18.6 Å². The molecular formula is C19H28FN3O. The summed E-state index contributed by atoms with van der Waals surface area (Å²) in [6.07, 6.45) is 6.52. The molecule has 2 fully saturated rings. The van der Waals surface area contributed by atoms with Crippen molar-refractivity contribution in [1.29, 1.82) is 0 Å². The lowest BCUT2D eigenvalue weighted by atomic mass is 9.85. The molecule has 2 aliphatic rings. The first kappa shape index (κ1) is 17.4. The number of amides is 1. The van der Waals surface area contributed by atoms with Crippen LogP contribution < -0.4 is 10.6 Å². The van der Waals surface area contributed by atoms with Crippen molar-refractivity contribution in [3.63, 3.8) is 0 Å². The summed E-state index contributed by atoms with van der Waals surface area (Å²) >= 11 is 0. The number of carbonyl (C=O) groups is 1. The van der Waals surface area contributed by atoms with E-state index in [9.17, 15) is 9.18 Å². The Morgan fingerprint density at radius 3 is 2.79 bits per heavy atom. The normalized spacial score (nSPS) is 23.5. The lowest BCUT2D eigenvalue weighted by molar-refractivity contribution is -0.115. The van der Waals surface area contributed by atoms with Crippen molar-refractivity contribution in [2.45, 2.75) is 51.1 Å². The van der Waals surface area contributed by atoms with Crippen LogP contribution in [0.4, 0.5) is 10.1 Å². The summed E-state index contributed by atoms with van der Waals surface area (Å²) in [6, 6.07) is 7.34. The van der Waals surface area contributed by atoms with Crippen molar-refractivity contribution in [3.8, 4) is 0 Å². The van der Waals surface area contributed by atoms with Crippen LogP contribution in [0.25, 0.3) is 0 Å². The van der Waals surface area contributed by atoms with Gasteiger partial charge < -0.3 is 15.5 Å². The molecule has 1 aliphatic heterocycles. The number of rotatable bonds is 6. The summed E-state index contributed by atoms with van der Waals surface area (Å²) in [7, 11) is 0. The Labute approximate surface area is 143 Å². The standard InChI is InChI=1S/C19H28FN3O/c1-14(15-6-5-11-23(13-15)16-7-4-8-16)21-12-19(24)22-18-10-3-2-9-17(18)20/h2-3,9-10,14-16,21H,4-8,11-13H2,1H3,(H,22,24)/t14-,15+/m0/s1. The van der Waals surface area contributed by atoms with E-state index in [1.165, 1.54) is 44.7 Å². The van der Waals surface area contributed by atoms with Gasteiger partial charge in [-0.15, -0.1) is 0 Å². The molecule has 1 aromatic rings. The van der Waals surface area contributed by atoms with Gasteiger partial charge in [-0.3, -0.25) is 4.79 Å². The Balaban J connectivity index is 1.43. The Morgan fingerprint density at radius 1 is 1.29 bits per heavy atom. The highest BCUT2D eigenvalue weighted by molar-refractivity contribution is 5.92. The van der Waals surface area contributed by atoms with Gasteiger partial charge in [0.25, 0.3) is 0 Å². The van der Waals surface area contributed by atoms with Crippen molar-refractivity contribution in [2.75, 3.05) is 25.0 Å². The van der Waals surface area contributed by atoms with Crippen LogP contribution in [-0.4, -0.2) is 42.5 Å². The topological polar surface area (TPSA) is 44.4 Å². The van der Waals surface area contributed by atoms with Crippen LogP contribution in [0.5, 0.6) is 0 Å². The minimum atomic E-state index is -0.401. The molecule has 1 saturated carbocycles. The first-order valence-electron chi connectivity index (χ1n) is 9.15. The van der Waals surface area contributed by atoms with Crippen molar-refractivity contribution in [3.05, 3.63) is 30.1 Å². The quantitative estimate of drug-likeness (QED) is 0.841. The minimum Gasteiger partial charge on any atom is -0.322 e. The molecule has 0 radical (unpaired) electrons. The number of hydrogen-bond donors (Lipinski definition) is 2. The molecule has 1 amide bonds. The molecule has 0 aromatic heterocycles. The van der Waals surface area contributed by atoms with Crippen LogP contribution in [0.2, 0.25) is 0 Å². The molecular weight excluding hydrogens is 305 g/mol. The molecule has 132 valence electrons. The lowest BCUT2D eigenvalue weighted by Crippen LogP contribution is -2.50. The van der Waals surface area contributed by atoms with Gasteiger partial charge in [0.05, 0.1) is 12.2 Å². The average Bonchev–Trinajstić information content (AvgIpc) is 2.53. The van der Waals surface area contributed by atoms with Gasteiger partial charge >= 0.3 is 0 Å². The van der Waals surface area contributed by atoms with E-state index in [0.717, 1.165) is 12.6 Å². The van der Waals surface area contributed by atoms with E-state index in [4.69, 9.17) is 0 Å². The number of halogens is 1. The first-order valence-corrected chi connectivity index (χ1v) is 9.15. The largest absolute Gasteiger partial charge is 0.322 e. The van der Waals surface area contributed by atoms with Crippen molar-refractivity contribution in [2.24, 2.45) is 5.92 Å². The smallest absolute Gasteiger partial charge is 0.238 e. The fourth-order valence-corrected chi connectivity index (χ4v) is 3.71.